The fourth-order valence-corrected chi connectivity index (χ4v) is 2.54. The van der Waals surface area contributed by atoms with Gasteiger partial charge < -0.3 is 5.73 Å². The summed E-state index contributed by atoms with van der Waals surface area (Å²) in [6, 6.07) is -0.00352. The Hall–Kier alpha value is -0.940. The highest BCUT2D eigenvalue weighted by Crippen LogP contribution is 2.27. The van der Waals surface area contributed by atoms with Gasteiger partial charge in [0.2, 0.25) is 11.8 Å². The fraction of sp³-hybridized carbons (Fsp3) is 0.833. The van der Waals surface area contributed by atoms with E-state index in [2.05, 4.69) is 26.1 Å². The van der Waals surface area contributed by atoms with E-state index in [0.717, 1.165) is 6.42 Å². The first-order valence-corrected chi connectivity index (χ1v) is 6.08. The van der Waals surface area contributed by atoms with E-state index in [1.165, 1.54) is 0 Å². The second-order valence-corrected chi connectivity index (χ2v) is 5.76. The molecule has 17 heavy (non-hydrogen) atoms. The number of nitrogens with one attached hydrogen (secondary N) is 1. The molecule has 0 aromatic heterocycles. The molecule has 1 heterocycles. The highest BCUT2D eigenvalue weighted by molar-refractivity contribution is 5.99. The molecule has 0 spiro atoms. The van der Waals surface area contributed by atoms with E-state index in [0.29, 0.717) is 0 Å². The van der Waals surface area contributed by atoms with E-state index in [1.54, 1.807) is 0 Å². The highest BCUT2D eigenvalue weighted by Gasteiger charge is 2.38. The van der Waals surface area contributed by atoms with Crippen LogP contribution in [0.15, 0.2) is 0 Å². The summed E-state index contributed by atoms with van der Waals surface area (Å²) in [5.74, 6) is -0.474. The number of rotatable bonds is 3. The number of nitrogens with two attached hydrogens (primary N) is 1. The molecule has 1 aliphatic heterocycles. The van der Waals surface area contributed by atoms with Crippen LogP contribution in [0, 0.1) is 5.41 Å². The van der Waals surface area contributed by atoms with Gasteiger partial charge in [0.05, 0.1) is 13.1 Å². The van der Waals surface area contributed by atoms with E-state index < -0.39 is 0 Å². The SMILES string of the molecule is CCC(N)C(N1CC(=O)NC(=O)C1)C(C)(C)C. The molecule has 0 aromatic carbocycles. The van der Waals surface area contributed by atoms with Crippen molar-refractivity contribution in [2.24, 2.45) is 11.1 Å². The van der Waals surface area contributed by atoms with Crippen molar-refractivity contribution in [3.05, 3.63) is 0 Å². The summed E-state index contributed by atoms with van der Waals surface area (Å²) in [7, 11) is 0. The molecule has 0 aromatic rings. The molecule has 2 amide bonds. The Kier molecular flexibility index (Phi) is 4.27. The number of carbonyl (C=O) groups is 2. The van der Waals surface area contributed by atoms with Crippen LogP contribution in [-0.4, -0.2) is 41.9 Å². The summed E-state index contributed by atoms with van der Waals surface area (Å²) in [5, 5.41) is 2.31. The lowest BCUT2D eigenvalue weighted by atomic mass is 9.80. The molecule has 0 bridgehead atoms. The number of imide groups is 1. The molecule has 1 fully saturated rings. The topological polar surface area (TPSA) is 75.4 Å². The number of hydrogen-bond donors (Lipinski definition) is 2. The summed E-state index contributed by atoms with van der Waals surface area (Å²) in [5.41, 5.74) is 6.08. The van der Waals surface area contributed by atoms with Crippen LogP contribution in [0.2, 0.25) is 0 Å². The molecule has 0 radical (unpaired) electrons. The lowest BCUT2D eigenvalue weighted by Crippen LogP contribution is -2.62. The van der Waals surface area contributed by atoms with E-state index in [1.807, 2.05) is 11.8 Å². The van der Waals surface area contributed by atoms with Crippen molar-refractivity contribution < 1.29 is 9.59 Å². The van der Waals surface area contributed by atoms with Gasteiger partial charge in [-0.2, -0.15) is 0 Å². The number of piperazine rings is 1. The Labute approximate surface area is 103 Å². The Morgan fingerprint density at radius 1 is 1.29 bits per heavy atom. The van der Waals surface area contributed by atoms with Gasteiger partial charge in [0.25, 0.3) is 0 Å². The van der Waals surface area contributed by atoms with Crippen molar-refractivity contribution in [1.29, 1.82) is 0 Å². The van der Waals surface area contributed by atoms with Gasteiger partial charge in [-0.15, -0.1) is 0 Å². The van der Waals surface area contributed by atoms with Gasteiger partial charge in [0, 0.05) is 12.1 Å². The van der Waals surface area contributed by atoms with Gasteiger partial charge in [0.1, 0.15) is 0 Å². The Bertz CT molecular complexity index is 293. The predicted octanol–water partition coefficient (Wildman–Crippen LogP) is 0.0968. The predicted molar refractivity (Wildman–Crippen MR) is 66.2 cm³/mol. The average molecular weight is 241 g/mol. The zero-order valence-corrected chi connectivity index (χ0v) is 11.1. The van der Waals surface area contributed by atoms with Gasteiger partial charge in [-0.1, -0.05) is 27.7 Å². The standard InChI is InChI=1S/C12H23N3O2/c1-5-8(13)11(12(2,3)4)15-6-9(16)14-10(17)7-15/h8,11H,5-7,13H2,1-4H3,(H,14,16,17). The summed E-state index contributed by atoms with van der Waals surface area (Å²) in [6.45, 7) is 8.79. The minimum atomic E-state index is -0.237. The summed E-state index contributed by atoms with van der Waals surface area (Å²) >= 11 is 0. The minimum absolute atomic E-state index is 0.0301. The molecule has 5 nitrogen and oxygen atoms in total. The molecule has 1 rings (SSSR count). The van der Waals surface area contributed by atoms with Gasteiger partial charge in [-0.05, 0) is 11.8 Å². The maximum Gasteiger partial charge on any atom is 0.240 e. The van der Waals surface area contributed by atoms with Crippen molar-refractivity contribution >= 4 is 11.8 Å². The van der Waals surface area contributed by atoms with Crippen molar-refractivity contribution in [2.75, 3.05) is 13.1 Å². The molecular weight excluding hydrogens is 218 g/mol. The summed E-state index contributed by atoms with van der Waals surface area (Å²) < 4.78 is 0. The second-order valence-electron chi connectivity index (χ2n) is 5.76. The van der Waals surface area contributed by atoms with E-state index >= 15 is 0 Å². The van der Waals surface area contributed by atoms with Crippen LogP contribution in [0.5, 0.6) is 0 Å². The largest absolute Gasteiger partial charge is 0.326 e. The first kappa shape index (κ1) is 14.1. The second kappa shape index (κ2) is 5.14. The first-order valence-electron chi connectivity index (χ1n) is 6.08. The van der Waals surface area contributed by atoms with Crippen LogP contribution in [0.1, 0.15) is 34.1 Å². The molecular formula is C12H23N3O2. The number of hydrogen-bond acceptors (Lipinski definition) is 4. The van der Waals surface area contributed by atoms with Crippen LogP contribution < -0.4 is 11.1 Å². The number of nitrogens with zero attached hydrogens (tertiary/aromatic N) is 1. The smallest absolute Gasteiger partial charge is 0.240 e. The van der Waals surface area contributed by atoms with E-state index in [9.17, 15) is 9.59 Å². The summed E-state index contributed by atoms with van der Waals surface area (Å²) in [4.78, 5) is 24.7. The average Bonchev–Trinajstić information content (AvgIpc) is 2.13. The van der Waals surface area contributed by atoms with Crippen molar-refractivity contribution in [1.82, 2.24) is 10.2 Å². The third kappa shape index (κ3) is 3.51. The first-order chi connectivity index (χ1) is 7.75. The van der Waals surface area contributed by atoms with Gasteiger partial charge >= 0.3 is 0 Å². The molecule has 98 valence electrons. The number of amides is 2. The molecule has 0 saturated carbocycles. The van der Waals surface area contributed by atoms with Gasteiger partial charge in [-0.3, -0.25) is 19.8 Å². The summed E-state index contributed by atoms with van der Waals surface area (Å²) in [6.07, 6.45) is 0.828. The normalized spacial score (nSPS) is 22.2. The van der Waals surface area contributed by atoms with Crippen LogP contribution in [0.3, 0.4) is 0 Å². The molecule has 2 unspecified atom stereocenters. The van der Waals surface area contributed by atoms with Crippen molar-refractivity contribution in [2.45, 2.75) is 46.2 Å². The van der Waals surface area contributed by atoms with E-state index in [4.69, 9.17) is 5.73 Å². The van der Waals surface area contributed by atoms with Crippen molar-refractivity contribution in [3.63, 3.8) is 0 Å². The van der Waals surface area contributed by atoms with Crippen LogP contribution in [0.25, 0.3) is 0 Å². The fourth-order valence-electron chi connectivity index (χ4n) is 2.54. The Morgan fingerprint density at radius 3 is 2.12 bits per heavy atom. The maximum absolute atomic E-state index is 11.4. The molecule has 0 aliphatic carbocycles. The third-order valence-corrected chi connectivity index (χ3v) is 3.13. The number of carbonyl (C=O) groups excluding carboxylic acids is 2. The lowest BCUT2D eigenvalue weighted by molar-refractivity contribution is -0.138. The maximum atomic E-state index is 11.4. The Balaban J connectivity index is 2.90. The molecule has 2 atom stereocenters. The van der Waals surface area contributed by atoms with E-state index in [-0.39, 0.29) is 42.4 Å². The highest BCUT2D eigenvalue weighted by atomic mass is 16.2. The van der Waals surface area contributed by atoms with Crippen LogP contribution in [0.4, 0.5) is 0 Å². The minimum Gasteiger partial charge on any atom is -0.326 e. The molecule has 3 N–H and O–H groups in total. The monoisotopic (exact) mass is 241 g/mol. The third-order valence-electron chi connectivity index (χ3n) is 3.13. The zero-order chi connectivity index (χ0) is 13.2. The lowest BCUT2D eigenvalue weighted by Gasteiger charge is -2.44. The van der Waals surface area contributed by atoms with Crippen LogP contribution >= 0.6 is 0 Å². The zero-order valence-electron chi connectivity index (χ0n) is 11.1. The van der Waals surface area contributed by atoms with Gasteiger partial charge in [0.15, 0.2) is 0 Å². The Morgan fingerprint density at radius 2 is 1.76 bits per heavy atom. The quantitative estimate of drug-likeness (QED) is 0.687. The molecule has 1 aliphatic rings. The molecule has 5 heteroatoms. The van der Waals surface area contributed by atoms with Crippen molar-refractivity contribution in [3.8, 4) is 0 Å². The van der Waals surface area contributed by atoms with Crippen LogP contribution in [-0.2, 0) is 9.59 Å². The van der Waals surface area contributed by atoms with Gasteiger partial charge in [-0.25, -0.2) is 0 Å². The molecule has 1 saturated heterocycles.